The highest BCUT2D eigenvalue weighted by Gasteiger charge is 2.12. The summed E-state index contributed by atoms with van der Waals surface area (Å²) in [6, 6.07) is 0. The Labute approximate surface area is 111 Å². The van der Waals surface area contributed by atoms with E-state index in [1.165, 1.54) is 5.57 Å². The number of carbonyl (C=O) groups is 1. The van der Waals surface area contributed by atoms with Gasteiger partial charge in [0.2, 0.25) is 5.91 Å². The lowest BCUT2D eigenvalue weighted by molar-refractivity contribution is -0.118. The smallest absolute Gasteiger partial charge is 0.216 e. The maximum Gasteiger partial charge on any atom is 0.216 e. The third kappa shape index (κ3) is 6.48. The van der Waals surface area contributed by atoms with Crippen molar-refractivity contribution in [1.29, 1.82) is 0 Å². The summed E-state index contributed by atoms with van der Waals surface area (Å²) in [6.07, 6.45) is 7.08. The zero-order valence-electron chi connectivity index (χ0n) is 12.4. The Morgan fingerprint density at radius 1 is 1.39 bits per heavy atom. The predicted octanol–water partition coefficient (Wildman–Crippen LogP) is 3.43. The quantitative estimate of drug-likeness (QED) is 0.531. The minimum atomic E-state index is 0.0162. The van der Waals surface area contributed by atoms with E-state index in [0.717, 1.165) is 25.0 Å². The van der Waals surface area contributed by atoms with Crippen LogP contribution in [-0.4, -0.2) is 19.6 Å². The fourth-order valence-electron chi connectivity index (χ4n) is 2.02. The second-order valence-corrected chi connectivity index (χ2v) is 4.45. The first-order valence-electron chi connectivity index (χ1n) is 6.69. The molecule has 0 radical (unpaired) electrons. The topological polar surface area (TPSA) is 38.3 Å². The van der Waals surface area contributed by atoms with Crippen LogP contribution in [0.5, 0.6) is 0 Å². The molecule has 1 atom stereocenters. The van der Waals surface area contributed by atoms with E-state index >= 15 is 0 Å². The Balaban J connectivity index is 4.84. The molecule has 1 unspecified atom stereocenters. The van der Waals surface area contributed by atoms with Crippen molar-refractivity contribution in [3.8, 4) is 0 Å². The molecule has 0 aliphatic carbocycles. The standard InChI is InChI=1S/C15H27NO2/c1-6-8-12(3)14(10-11-16-13(4)17)15(18-5)9-7-2/h6,8,12H,7,9-11H2,1-5H3,(H,16,17)/b8-6-,15-14-. The SMILES string of the molecule is C/C=C\C(C)/C(CCNC(C)=O)=C(/CCC)OC. The molecule has 0 spiro atoms. The van der Waals surface area contributed by atoms with Crippen LogP contribution in [0.4, 0.5) is 0 Å². The third-order valence-electron chi connectivity index (χ3n) is 2.88. The Kier molecular flexibility index (Phi) is 9.07. The highest BCUT2D eigenvalue weighted by atomic mass is 16.5. The largest absolute Gasteiger partial charge is 0.501 e. The molecule has 0 aliphatic rings. The van der Waals surface area contributed by atoms with Crippen molar-refractivity contribution in [2.75, 3.05) is 13.7 Å². The molecule has 0 heterocycles. The molecule has 104 valence electrons. The number of hydrogen-bond donors (Lipinski definition) is 1. The van der Waals surface area contributed by atoms with Crippen molar-refractivity contribution >= 4 is 5.91 Å². The molecule has 0 bridgehead atoms. The van der Waals surface area contributed by atoms with Gasteiger partial charge in [-0.2, -0.15) is 0 Å². The van der Waals surface area contributed by atoms with Crippen LogP contribution in [0.25, 0.3) is 0 Å². The van der Waals surface area contributed by atoms with Gasteiger partial charge in [-0.1, -0.05) is 26.0 Å². The lowest BCUT2D eigenvalue weighted by Gasteiger charge is -2.18. The van der Waals surface area contributed by atoms with Crippen LogP contribution in [0.3, 0.4) is 0 Å². The van der Waals surface area contributed by atoms with Crippen LogP contribution in [0.1, 0.15) is 47.0 Å². The molecule has 0 rings (SSSR count). The molecule has 3 nitrogen and oxygen atoms in total. The molecule has 18 heavy (non-hydrogen) atoms. The zero-order valence-corrected chi connectivity index (χ0v) is 12.4. The number of hydrogen-bond acceptors (Lipinski definition) is 2. The number of rotatable bonds is 8. The van der Waals surface area contributed by atoms with Gasteiger partial charge in [0.05, 0.1) is 12.9 Å². The van der Waals surface area contributed by atoms with Crippen molar-refractivity contribution in [2.24, 2.45) is 5.92 Å². The van der Waals surface area contributed by atoms with Gasteiger partial charge in [-0.05, 0) is 31.3 Å². The van der Waals surface area contributed by atoms with E-state index in [2.05, 4.69) is 31.3 Å². The van der Waals surface area contributed by atoms with E-state index in [-0.39, 0.29) is 5.91 Å². The molecule has 0 fully saturated rings. The number of nitrogens with one attached hydrogen (secondary N) is 1. The van der Waals surface area contributed by atoms with Gasteiger partial charge in [0.1, 0.15) is 0 Å². The van der Waals surface area contributed by atoms with Crippen LogP contribution in [0, 0.1) is 5.92 Å². The predicted molar refractivity (Wildman–Crippen MR) is 76.2 cm³/mol. The number of carbonyl (C=O) groups excluding carboxylic acids is 1. The summed E-state index contributed by atoms with van der Waals surface area (Å²) < 4.78 is 5.51. The highest BCUT2D eigenvalue weighted by Crippen LogP contribution is 2.23. The first kappa shape index (κ1) is 16.8. The molecule has 0 saturated carbocycles. The summed E-state index contributed by atoms with van der Waals surface area (Å²) in [5, 5.41) is 2.84. The van der Waals surface area contributed by atoms with Crippen LogP contribution in [-0.2, 0) is 9.53 Å². The molecular weight excluding hydrogens is 226 g/mol. The van der Waals surface area contributed by atoms with Crippen molar-refractivity contribution in [2.45, 2.75) is 47.0 Å². The minimum absolute atomic E-state index is 0.0162. The average Bonchev–Trinajstić information content (AvgIpc) is 2.32. The monoisotopic (exact) mass is 253 g/mol. The van der Waals surface area contributed by atoms with Crippen molar-refractivity contribution < 1.29 is 9.53 Å². The Hall–Kier alpha value is -1.25. The molecule has 0 saturated heterocycles. The lowest BCUT2D eigenvalue weighted by Crippen LogP contribution is -2.22. The van der Waals surface area contributed by atoms with E-state index in [1.807, 2.05) is 6.92 Å². The van der Waals surface area contributed by atoms with E-state index in [0.29, 0.717) is 12.5 Å². The van der Waals surface area contributed by atoms with E-state index in [1.54, 1.807) is 14.0 Å². The number of allylic oxidation sites excluding steroid dienone is 3. The Bertz CT molecular complexity index is 306. The first-order chi connectivity index (χ1) is 8.56. The molecule has 0 aliphatic heterocycles. The number of amides is 1. The normalized spacial score (nSPS) is 14.3. The van der Waals surface area contributed by atoms with Crippen LogP contribution < -0.4 is 5.32 Å². The average molecular weight is 253 g/mol. The Morgan fingerprint density at radius 3 is 2.50 bits per heavy atom. The third-order valence-corrected chi connectivity index (χ3v) is 2.88. The molecule has 1 amide bonds. The maximum atomic E-state index is 10.9. The van der Waals surface area contributed by atoms with Crippen LogP contribution in [0.2, 0.25) is 0 Å². The lowest BCUT2D eigenvalue weighted by atomic mass is 9.94. The van der Waals surface area contributed by atoms with Crippen LogP contribution in [0.15, 0.2) is 23.5 Å². The minimum Gasteiger partial charge on any atom is -0.501 e. The van der Waals surface area contributed by atoms with Gasteiger partial charge in [0.25, 0.3) is 0 Å². The van der Waals surface area contributed by atoms with Gasteiger partial charge in [-0.3, -0.25) is 4.79 Å². The zero-order chi connectivity index (χ0) is 14.0. The fraction of sp³-hybridized carbons (Fsp3) is 0.667. The van der Waals surface area contributed by atoms with Gasteiger partial charge in [-0.25, -0.2) is 0 Å². The highest BCUT2D eigenvalue weighted by molar-refractivity contribution is 5.72. The van der Waals surface area contributed by atoms with Gasteiger partial charge in [0, 0.05) is 19.9 Å². The number of ether oxygens (including phenoxy) is 1. The summed E-state index contributed by atoms with van der Waals surface area (Å²) in [6.45, 7) is 8.54. The molecular formula is C15H27NO2. The van der Waals surface area contributed by atoms with Crippen molar-refractivity contribution in [3.05, 3.63) is 23.5 Å². The molecule has 3 heteroatoms. The molecule has 0 aromatic heterocycles. The summed E-state index contributed by atoms with van der Waals surface area (Å²) in [4.78, 5) is 10.9. The van der Waals surface area contributed by atoms with Crippen molar-refractivity contribution in [3.63, 3.8) is 0 Å². The molecule has 0 aromatic rings. The Morgan fingerprint density at radius 2 is 2.06 bits per heavy atom. The summed E-state index contributed by atoms with van der Waals surface area (Å²) in [5.41, 5.74) is 1.28. The van der Waals surface area contributed by atoms with E-state index < -0.39 is 0 Å². The maximum absolute atomic E-state index is 10.9. The van der Waals surface area contributed by atoms with Gasteiger partial charge in [-0.15, -0.1) is 0 Å². The van der Waals surface area contributed by atoms with Gasteiger partial charge in [0.15, 0.2) is 0 Å². The second-order valence-electron chi connectivity index (χ2n) is 4.45. The summed E-state index contributed by atoms with van der Waals surface area (Å²) >= 11 is 0. The van der Waals surface area contributed by atoms with E-state index in [9.17, 15) is 4.79 Å². The molecule has 0 aromatic carbocycles. The van der Waals surface area contributed by atoms with Gasteiger partial charge < -0.3 is 10.1 Å². The molecule has 1 N–H and O–H groups in total. The first-order valence-corrected chi connectivity index (χ1v) is 6.69. The second kappa shape index (κ2) is 9.75. The van der Waals surface area contributed by atoms with Crippen molar-refractivity contribution in [1.82, 2.24) is 5.32 Å². The van der Waals surface area contributed by atoms with Crippen LogP contribution >= 0.6 is 0 Å². The van der Waals surface area contributed by atoms with Gasteiger partial charge >= 0.3 is 0 Å². The van der Waals surface area contributed by atoms with E-state index in [4.69, 9.17) is 4.74 Å². The number of methoxy groups -OCH3 is 1. The fourth-order valence-corrected chi connectivity index (χ4v) is 2.02. The summed E-state index contributed by atoms with van der Waals surface area (Å²) in [7, 11) is 1.73. The summed E-state index contributed by atoms with van der Waals surface area (Å²) in [5.74, 6) is 1.43.